The minimum atomic E-state index is -1.62. The first-order valence-electron chi connectivity index (χ1n) is 27.9. The molecule has 79 heavy (non-hydrogen) atoms. The van der Waals surface area contributed by atoms with Gasteiger partial charge in [-0.1, -0.05) is 78.3 Å². The predicted molar refractivity (Wildman–Crippen MR) is 298 cm³/mol. The minimum Gasteiger partial charge on any atom is -0.391 e. The summed E-state index contributed by atoms with van der Waals surface area (Å²) in [4.78, 5) is 154. The fraction of sp³-hybridized carbons (Fsp3) is 0.719. The molecule has 0 radical (unpaired) electrons. The van der Waals surface area contributed by atoms with Crippen LogP contribution in [0.15, 0.2) is 30.3 Å². The van der Waals surface area contributed by atoms with Gasteiger partial charge in [0.1, 0.15) is 42.3 Å². The van der Waals surface area contributed by atoms with Crippen molar-refractivity contribution < 1.29 is 57.8 Å². The molecule has 1 unspecified atom stereocenters. The number of carbonyl (C=O) groups is 10. The normalized spacial score (nSPS) is 25.3. The number of aliphatic hydroxyl groups is 1. The Hall–Kier alpha value is -6.16. The average molecular weight is 1110 g/mol. The van der Waals surface area contributed by atoms with E-state index in [1.54, 1.807) is 62.9 Å². The van der Waals surface area contributed by atoms with Crippen LogP contribution in [0.1, 0.15) is 120 Å². The van der Waals surface area contributed by atoms with Crippen molar-refractivity contribution in [2.75, 3.05) is 75.1 Å². The van der Waals surface area contributed by atoms with Crippen molar-refractivity contribution in [2.45, 2.75) is 175 Å². The summed E-state index contributed by atoms with van der Waals surface area (Å²) in [5.41, 5.74) is -0.158. The molecule has 0 aliphatic carbocycles. The number of aliphatic hydroxyl groups excluding tert-OH is 1. The Bertz CT molecular complexity index is 2270. The van der Waals surface area contributed by atoms with Crippen LogP contribution in [-0.2, 0) is 59.1 Å². The van der Waals surface area contributed by atoms with Gasteiger partial charge in [-0.15, -0.1) is 0 Å². The molecular weight excluding hydrogens is 1020 g/mol. The molecule has 1 aromatic carbocycles. The van der Waals surface area contributed by atoms with Gasteiger partial charge in [-0.05, 0) is 83.1 Å². The molecule has 0 spiro atoms. The second-order valence-corrected chi connectivity index (χ2v) is 23.5. The third kappa shape index (κ3) is 19.6. The van der Waals surface area contributed by atoms with Gasteiger partial charge in [0, 0.05) is 61.8 Å². The largest absolute Gasteiger partial charge is 0.391 e. The molecule has 22 nitrogen and oxygen atoms in total. The van der Waals surface area contributed by atoms with Crippen molar-refractivity contribution in [3.63, 3.8) is 0 Å². The van der Waals surface area contributed by atoms with E-state index < -0.39 is 138 Å². The molecule has 22 heteroatoms. The third-order valence-electron chi connectivity index (χ3n) is 14.8. The molecule has 2 fully saturated rings. The van der Waals surface area contributed by atoms with Gasteiger partial charge in [-0.25, -0.2) is 0 Å². The van der Waals surface area contributed by atoms with Crippen LogP contribution in [0, 0.1) is 17.8 Å². The molecule has 2 heterocycles. The van der Waals surface area contributed by atoms with Crippen LogP contribution < -0.4 is 16.0 Å². The summed E-state index contributed by atoms with van der Waals surface area (Å²) in [6.45, 7) is 17.0. The zero-order chi connectivity index (χ0) is 59.8. The summed E-state index contributed by atoms with van der Waals surface area (Å²) in [6.07, 6.45) is 0.854. The Morgan fingerprint density at radius 3 is 1.72 bits per heavy atom. The van der Waals surface area contributed by atoms with E-state index in [1.165, 1.54) is 63.9 Å². The maximum absolute atomic E-state index is 15.1. The first-order valence-corrected chi connectivity index (χ1v) is 27.9. The quantitative estimate of drug-likeness (QED) is 0.233. The van der Waals surface area contributed by atoms with Crippen molar-refractivity contribution in [1.82, 2.24) is 50.2 Å². The van der Waals surface area contributed by atoms with E-state index in [4.69, 9.17) is 4.74 Å². The molecule has 0 aromatic heterocycles. The highest BCUT2D eigenvalue weighted by molar-refractivity contribution is 5.99. The summed E-state index contributed by atoms with van der Waals surface area (Å²) in [5.74, 6) is -7.86. The molecule has 4 N–H and O–H groups in total. The number of piperidine rings is 1. The maximum atomic E-state index is 15.1. The fourth-order valence-electron chi connectivity index (χ4n) is 9.78. The SMILES string of the molecule is CC[C@H](C)C1C(=O)N[C@H](C(=O)N2CCCCC2)CC(=O)N(C)CC(=O)N(C)CC(=O)N[C@@H]([C@@H](C)O)C(=O)N(C)[C@@H](Cc2ccccc2)C(=O)N(C)[C@@H](CC(C)C)C(=O)N[C@@H](COC(C)(C)C)C(=O)N(C)[C@@H](CC(C)C)C(=O)N1C. The molecule has 2 saturated heterocycles. The molecule has 0 saturated carbocycles. The monoisotopic (exact) mass is 1110 g/mol. The second kappa shape index (κ2) is 30.4. The van der Waals surface area contributed by atoms with Gasteiger partial charge in [-0.2, -0.15) is 0 Å². The van der Waals surface area contributed by atoms with Crippen molar-refractivity contribution in [2.24, 2.45) is 17.8 Å². The third-order valence-corrected chi connectivity index (χ3v) is 14.8. The predicted octanol–water partition coefficient (Wildman–Crippen LogP) is 1.66. The Kier molecular flexibility index (Phi) is 25.9. The highest BCUT2D eigenvalue weighted by Crippen LogP contribution is 2.23. The standard InChI is InChI=1S/C57H94N10O12/c1-17-37(6)49-51(73)58-40(53(75)67-26-22-19-23-27-67)31-46(70)62(12)33-47(71)61(11)32-45(69)60-48(38(7)68)56(78)65(15)44(30-39-24-20-18-21-25-39)54(76)63(13)42(28-35(2)3)50(72)59-41(34-79-57(8,9)10)52(74)64(14)43(29-36(4)5)55(77)66(49)16/h18,20-21,24-25,35-38,40-44,48-49,68H,17,19,22-23,26-34H2,1-16H3,(H,58,73)(H,59,72)(H,60,69)/t37-,38+,40-,41-,42-,43-,44-,48-,49?/m0/s1. The van der Waals surface area contributed by atoms with Crippen LogP contribution in [0.2, 0.25) is 0 Å². The Labute approximate surface area is 469 Å². The number of ether oxygens (including phenoxy) is 1. The van der Waals surface area contributed by atoms with Gasteiger partial charge in [0.2, 0.25) is 59.1 Å². The van der Waals surface area contributed by atoms with E-state index in [1.807, 2.05) is 34.6 Å². The van der Waals surface area contributed by atoms with Gasteiger partial charge in [0.25, 0.3) is 0 Å². The van der Waals surface area contributed by atoms with Gasteiger partial charge in [0.05, 0.1) is 37.8 Å². The van der Waals surface area contributed by atoms with Crippen LogP contribution in [0.3, 0.4) is 0 Å². The molecule has 1 aromatic rings. The number of nitrogens with one attached hydrogen (secondary N) is 3. The minimum absolute atomic E-state index is 0.0516. The molecule has 2 aliphatic rings. The van der Waals surface area contributed by atoms with Crippen LogP contribution in [0.5, 0.6) is 0 Å². The lowest BCUT2D eigenvalue weighted by Crippen LogP contribution is -2.63. The molecule has 3 rings (SSSR count). The van der Waals surface area contributed by atoms with Crippen molar-refractivity contribution in [1.29, 1.82) is 0 Å². The molecule has 9 atom stereocenters. The molecule has 444 valence electrons. The number of hydrogen-bond donors (Lipinski definition) is 4. The van der Waals surface area contributed by atoms with Crippen LogP contribution in [-0.4, -0.2) is 228 Å². The zero-order valence-electron chi connectivity index (χ0n) is 50.0. The van der Waals surface area contributed by atoms with Crippen molar-refractivity contribution >= 4 is 59.1 Å². The molecule has 0 bridgehead atoms. The van der Waals surface area contributed by atoms with Gasteiger partial charge in [0.15, 0.2) is 0 Å². The van der Waals surface area contributed by atoms with Crippen LogP contribution in [0.25, 0.3) is 0 Å². The first kappa shape index (κ1) is 67.1. The van der Waals surface area contributed by atoms with Crippen LogP contribution in [0.4, 0.5) is 0 Å². The van der Waals surface area contributed by atoms with E-state index in [9.17, 15) is 38.7 Å². The first-order chi connectivity index (χ1) is 36.8. The summed E-state index contributed by atoms with van der Waals surface area (Å²) in [7, 11) is 8.33. The Morgan fingerprint density at radius 1 is 0.646 bits per heavy atom. The molecule has 2 aliphatic heterocycles. The van der Waals surface area contributed by atoms with Gasteiger partial charge < -0.3 is 60.1 Å². The summed E-state index contributed by atoms with van der Waals surface area (Å²) >= 11 is 0. The highest BCUT2D eigenvalue weighted by atomic mass is 16.5. The van der Waals surface area contributed by atoms with Crippen molar-refractivity contribution in [3.05, 3.63) is 35.9 Å². The highest BCUT2D eigenvalue weighted by Gasteiger charge is 2.43. The van der Waals surface area contributed by atoms with Crippen molar-refractivity contribution in [3.8, 4) is 0 Å². The summed E-state index contributed by atoms with van der Waals surface area (Å²) < 4.78 is 6.16. The lowest BCUT2D eigenvalue weighted by Gasteiger charge is -2.39. The lowest BCUT2D eigenvalue weighted by molar-refractivity contribution is -0.153. The van der Waals surface area contributed by atoms with Gasteiger partial charge >= 0.3 is 0 Å². The van der Waals surface area contributed by atoms with E-state index in [0.717, 1.165) is 21.1 Å². The smallest absolute Gasteiger partial charge is 0.248 e. The average Bonchev–Trinajstić information content (AvgIpc) is 3.39. The van der Waals surface area contributed by atoms with E-state index in [0.29, 0.717) is 37.9 Å². The van der Waals surface area contributed by atoms with E-state index in [-0.39, 0.29) is 37.7 Å². The molecular formula is C57H94N10O12. The fourth-order valence-corrected chi connectivity index (χ4v) is 9.78. The summed E-state index contributed by atoms with van der Waals surface area (Å²) in [6, 6.07) is -0.534. The number of hydrogen-bond acceptors (Lipinski definition) is 12. The Morgan fingerprint density at radius 2 is 1.18 bits per heavy atom. The number of carbonyl (C=O) groups excluding carboxylic acids is 10. The number of rotatable bonds is 12. The second-order valence-electron chi connectivity index (χ2n) is 23.5. The summed E-state index contributed by atoms with van der Waals surface area (Å²) in [5, 5.41) is 19.2. The van der Waals surface area contributed by atoms with E-state index >= 15 is 14.4 Å². The molecule has 10 amide bonds. The Balaban J connectivity index is 2.31. The van der Waals surface area contributed by atoms with Crippen LogP contribution >= 0.6 is 0 Å². The number of likely N-dealkylation sites (N-methyl/N-ethyl adjacent to an activating group) is 6. The number of nitrogens with zero attached hydrogens (tertiary/aromatic N) is 7. The number of amides is 10. The topological polar surface area (TPSA) is 259 Å². The maximum Gasteiger partial charge on any atom is 0.248 e. The number of likely N-dealkylation sites (tertiary alicyclic amines) is 1. The van der Waals surface area contributed by atoms with Gasteiger partial charge in [-0.3, -0.25) is 47.9 Å². The zero-order valence-corrected chi connectivity index (χ0v) is 50.0. The number of benzene rings is 1. The lowest BCUT2D eigenvalue weighted by atomic mass is 9.94. The van der Waals surface area contributed by atoms with E-state index in [2.05, 4.69) is 16.0 Å².